The summed E-state index contributed by atoms with van der Waals surface area (Å²) < 4.78 is 5.22. The zero-order valence-electron chi connectivity index (χ0n) is 9.43. The topological polar surface area (TPSA) is 46.3 Å². The van der Waals surface area contributed by atoms with Crippen molar-refractivity contribution < 1.29 is 9.21 Å². The molecule has 0 fully saturated rings. The average molecular weight is 218 g/mol. The van der Waals surface area contributed by atoms with E-state index in [1.54, 1.807) is 18.9 Å². The molecule has 0 radical (unpaired) electrons. The number of rotatable bonds is 3. The van der Waals surface area contributed by atoms with Gasteiger partial charge in [-0.3, -0.25) is 4.79 Å². The maximum atomic E-state index is 11.0. The summed E-state index contributed by atoms with van der Waals surface area (Å²) in [5.41, 5.74) is 2.81. The molecule has 0 unspecified atom stereocenters. The molecular weight excluding hydrogens is 204 g/mol. The zero-order chi connectivity index (χ0) is 11.5. The van der Waals surface area contributed by atoms with E-state index in [0.717, 1.165) is 29.6 Å². The number of carbonyl (C=O) groups excluding carboxylic acids is 1. The minimum atomic E-state index is 0.0840. The summed E-state index contributed by atoms with van der Waals surface area (Å²) in [7, 11) is 1.80. The molecule has 4 heteroatoms. The smallest absolute Gasteiger partial charge is 0.219 e. The van der Waals surface area contributed by atoms with Gasteiger partial charge < -0.3 is 9.32 Å². The number of aromatic nitrogens is 1. The molecule has 4 nitrogen and oxygen atoms in total. The highest BCUT2D eigenvalue weighted by Crippen LogP contribution is 2.14. The molecule has 0 spiro atoms. The van der Waals surface area contributed by atoms with Crippen molar-refractivity contribution in [1.29, 1.82) is 0 Å². The second kappa shape index (κ2) is 4.35. The second-order valence-electron chi connectivity index (χ2n) is 3.85. The molecule has 0 saturated carbocycles. The van der Waals surface area contributed by atoms with E-state index in [1.165, 1.54) is 6.39 Å². The van der Waals surface area contributed by atoms with Crippen LogP contribution in [0.1, 0.15) is 12.5 Å². The van der Waals surface area contributed by atoms with Gasteiger partial charge in [0.1, 0.15) is 5.52 Å². The minimum Gasteiger partial charge on any atom is -0.443 e. The summed E-state index contributed by atoms with van der Waals surface area (Å²) in [6.45, 7) is 2.29. The van der Waals surface area contributed by atoms with E-state index in [1.807, 2.05) is 18.2 Å². The highest BCUT2D eigenvalue weighted by atomic mass is 16.3. The van der Waals surface area contributed by atoms with E-state index in [9.17, 15) is 4.79 Å². The number of amides is 1. The molecule has 0 aliphatic heterocycles. The van der Waals surface area contributed by atoms with Gasteiger partial charge in [0.2, 0.25) is 5.91 Å². The van der Waals surface area contributed by atoms with Crippen molar-refractivity contribution in [1.82, 2.24) is 9.88 Å². The Morgan fingerprint density at radius 1 is 1.50 bits per heavy atom. The van der Waals surface area contributed by atoms with Crippen molar-refractivity contribution in [2.24, 2.45) is 0 Å². The lowest BCUT2D eigenvalue weighted by atomic mass is 10.1. The van der Waals surface area contributed by atoms with Crippen LogP contribution in [0.5, 0.6) is 0 Å². The van der Waals surface area contributed by atoms with Crippen LogP contribution in [0.2, 0.25) is 0 Å². The summed E-state index contributed by atoms with van der Waals surface area (Å²) in [5.74, 6) is 0.0840. The molecule has 84 valence electrons. The fraction of sp³-hybridized carbons (Fsp3) is 0.333. The molecule has 0 atom stereocenters. The molecular formula is C12H14N2O2. The van der Waals surface area contributed by atoms with Gasteiger partial charge in [-0.05, 0) is 24.1 Å². The monoisotopic (exact) mass is 218 g/mol. The van der Waals surface area contributed by atoms with Gasteiger partial charge in [-0.25, -0.2) is 4.98 Å². The maximum Gasteiger partial charge on any atom is 0.219 e. The minimum absolute atomic E-state index is 0.0840. The van der Waals surface area contributed by atoms with Crippen LogP contribution in [-0.4, -0.2) is 29.4 Å². The summed E-state index contributed by atoms with van der Waals surface area (Å²) in [6, 6.07) is 5.91. The Hall–Kier alpha value is -1.84. The Morgan fingerprint density at radius 2 is 2.31 bits per heavy atom. The van der Waals surface area contributed by atoms with Gasteiger partial charge >= 0.3 is 0 Å². The number of likely N-dealkylation sites (N-methyl/N-ethyl adjacent to an activating group) is 1. The summed E-state index contributed by atoms with van der Waals surface area (Å²) >= 11 is 0. The lowest BCUT2D eigenvalue weighted by Gasteiger charge is -2.14. The van der Waals surface area contributed by atoms with Gasteiger partial charge in [0, 0.05) is 20.5 Å². The molecule has 1 heterocycles. The van der Waals surface area contributed by atoms with Gasteiger partial charge in [-0.2, -0.15) is 0 Å². The predicted octanol–water partition coefficient (Wildman–Crippen LogP) is 1.85. The average Bonchev–Trinajstić information content (AvgIpc) is 2.72. The molecule has 1 amide bonds. The number of oxazole rings is 1. The highest BCUT2D eigenvalue weighted by molar-refractivity contribution is 5.73. The maximum absolute atomic E-state index is 11.0. The molecule has 1 aromatic carbocycles. The Labute approximate surface area is 93.9 Å². The van der Waals surface area contributed by atoms with Crippen molar-refractivity contribution in [3.8, 4) is 0 Å². The lowest BCUT2D eigenvalue weighted by molar-refractivity contribution is -0.127. The first kappa shape index (κ1) is 10.7. The van der Waals surface area contributed by atoms with Crippen LogP contribution in [0.3, 0.4) is 0 Å². The number of nitrogens with zero attached hydrogens (tertiary/aromatic N) is 2. The van der Waals surface area contributed by atoms with E-state index in [4.69, 9.17) is 4.42 Å². The fourth-order valence-electron chi connectivity index (χ4n) is 1.51. The van der Waals surface area contributed by atoms with Gasteiger partial charge in [0.25, 0.3) is 0 Å². The Kier molecular flexibility index (Phi) is 2.90. The van der Waals surface area contributed by atoms with Crippen LogP contribution in [-0.2, 0) is 11.2 Å². The van der Waals surface area contributed by atoms with Crippen LogP contribution in [0.25, 0.3) is 11.1 Å². The van der Waals surface area contributed by atoms with E-state index >= 15 is 0 Å². The molecule has 0 N–H and O–H groups in total. The Bertz CT molecular complexity index is 504. The fourth-order valence-corrected chi connectivity index (χ4v) is 1.51. The number of benzene rings is 1. The summed E-state index contributed by atoms with van der Waals surface area (Å²) in [4.78, 5) is 16.8. The van der Waals surface area contributed by atoms with E-state index in [-0.39, 0.29) is 5.91 Å². The number of hydrogen-bond acceptors (Lipinski definition) is 3. The van der Waals surface area contributed by atoms with Crippen LogP contribution in [0.15, 0.2) is 29.0 Å². The summed E-state index contributed by atoms with van der Waals surface area (Å²) in [6.07, 6.45) is 2.27. The standard InChI is InChI=1S/C12H14N2O2/c1-9(15)14(2)6-5-10-3-4-11-12(7-10)16-8-13-11/h3-4,7-8H,5-6H2,1-2H3. The first-order valence-electron chi connectivity index (χ1n) is 5.20. The second-order valence-corrected chi connectivity index (χ2v) is 3.85. The zero-order valence-corrected chi connectivity index (χ0v) is 9.43. The van der Waals surface area contributed by atoms with E-state index in [2.05, 4.69) is 4.98 Å². The first-order valence-corrected chi connectivity index (χ1v) is 5.20. The Morgan fingerprint density at radius 3 is 3.06 bits per heavy atom. The van der Waals surface area contributed by atoms with Crippen molar-refractivity contribution in [2.45, 2.75) is 13.3 Å². The van der Waals surface area contributed by atoms with Crippen LogP contribution in [0, 0.1) is 0 Å². The van der Waals surface area contributed by atoms with Crippen molar-refractivity contribution in [3.05, 3.63) is 30.2 Å². The SMILES string of the molecule is CC(=O)N(C)CCc1ccc2ncoc2c1. The molecule has 16 heavy (non-hydrogen) atoms. The normalized spacial score (nSPS) is 10.6. The third kappa shape index (κ3) is 2.21. The number of fused-ring (bicyclic) bond motifs is 1. The van der Waals surface area contributed by atoms with Crippen molar-refractivity contribution in [3.63, 3.8) is 0 Å². The van der Waals surface area contributed by atoms with Gasteiger partial charge in [0.15, 0.2) is 12.0 Å². The predicted molar refractivity (Wildman–Crippen MR) is 61.0 cm³/mol. The molecule has 0 bridgehead atoms. The molecule has 2 rings (SSSR count). The quantitative estimate of drug-likeness (QED) is 0.789. The lowest BCUT2D eigenvalue weighted by Crippen LogP contribution is -2.26. The van der Waals surface area contributed by atoms with Gasteiger partial charge in [-0.15, -0.1) is 0 Å². The third-order valence-corrected chi connectivity index (χ3v) is 2.67. The summed E-state index contributed by atoms with van der Waals surface area (Å²) in [5, 5.41) is 0. The highest BCUT2D eigenvalue weighted by Gasteiger charge is 2.04. The molecule has 0 saturated heterocycles. The van der Waals surface area contributed by atoms with Crippen molar-refractivity contribution in [2.75, 3.05) is 13.6 Å². The van der Waals surface area contributed by atoms with Crippen molar-refractivity contribution >= 4 is 17.0 Å². The van der Waals surface area contributed by atoms with Crippen LogP contribution in [0.4, 0.5) is 0 Å². The van der Waals surface area contributed by atoms with Gasteiger partial charge in [0.05, 0.1) is 0 Å². The van der Waals surface area contributed by atoms with Gasteiger partial charge in [-0.1, -0.05) is 6.07 Å². The molecule has 0 aliphatic carbocycles. The largest absolute Gasteiger partial charge is 0.443 e. The van der Waals surface area contributed by atoms with Crippen LogP contribution < -0.4 is 0 Å². The molecule has 1 aromatic heterocycles. The molecule has 0 aliphatic rings. The van der Waals surface area contributed by atoms with Crippen LogP contribution >= 0.6 is 0 Å². The first-order chi connectivity index (χ1) is 7.66. The van der Waals surface area contributed by atoms with E-state index in [0.29, 0.717) is 0 Å². The molecule has 2 aromatic rings. The number of carbonyl (C=O) groups is 1. The number of hydrogen-bond donors (Lipinski definition) is 0. The third-order valence-electron chi connectivity index (χ3n) is 2.67. The Balaban J connectivity index is 2.06. The van der Waals surface area contributed by atoms with E-state index < -0.39 is 0 Å².